The second kappa shape index (κ2) is 7.59. The maximum atomic E-state index is 13.2. The van der Waals surface area contributed by atoms with Gasteiger partial charge in [-0.25, -0.2) is 8.42 Å². The molecule has 1 aromatic heterocycles. The van der Waals surface area contributed by atoms with Crippen molar-refractivity contribution >= 4 is 27.3 Å². The van der Waals surface area contributed by atoms with E-state index in [1.54, 1.807) is 34.4 Å². The van der Waals surface area contributed by atoms with Gasteiger partial charge in [0.05, 0.1) is 23.6 Å². The number of fused-ring (bicyclic) bond motifs is 1. The van der Waals surface area contributed by atoms with Gasteiger partial charge in [-0.15, -0.1) is 11.3 Å². The summed E-state index contributed by atoms with van der Waals surface area (Å²) in [6.45, 7) is 5.72. The van der Waals surface area contributed by atoms with E-state index in [0.29, 0.717) is 31.8 Å². The van der Waals surface area contributed by atoms with Gasteiger partial charge in [0.2, 0.25) is 10.0 Å². The van der Waals surface area contributed by atoms with Gasteiger partial charge in [0.25, 0.3) is 5.91 Å². The molecule has 2 unspecified atom stereocenters. The molecule has 0 radical (unpaired) electrons. The first-order valence-electron chi connectivity index (χ1n) is 9.44. The van der Waals surface area contributed by atoms with E-state index in [-0.39, 0.29) is 22.9 Å². The number of sulfonamides is 1. The predicted octanol–water partition coefficient (Wildman–Crippen LogP) is 2.74. The summed E-state index contributed by atoms with van der Waals surface area (Å²) in [5.41, 5.74) is 1.47. The number of thiophene rings is 1. The molecule has 0 saturated carbocycles. The summed E-state index contributed by atoms with van der Waals surface area (Å²) < 4.78 is 33.4. The molecule has 4 rings (SSSR count). The normalized spacial score (nSPS) is 23.4. The highest BCUT2D eigenvalue weighted by molar-refractivity contribution is 7.89. The van der Waals surface area contributed by atoms with Crippen molar-refractivity contribution in [2.45, 2.75) is 43.9 Å². The zero-order valence-corrected chi connectivity index (χ0v) is 17.6. The Labute approximate surface area is 169 Å². The second-order valence-electron chi connectivity index (χ2n) is 7.44. The van der Waals surface area contributed by atoms with Crippen LogP contribution in [0.5, 0.6) is 0 Å². The number of carbonyl (C=O) groups excluding carboxylic acids is 1. The molecule has 2 aliphatic heterocycles. The largest absolute Gasteiger partial charge is 0.375 e. The van der Waals surface area contributed by atoms with Crippen molar-refractivity contribution in [1.82, 2.24) is 9.21 Å². The minimum atomic E-state index is -3.65. The molecular weight excluding hydrogens is 396 g/mol. The zero-order valence-electron chi connectivity index (χ0n) is 16.0. The first-order chi connectivity index (χ1) is 13.4. The molecule has 1 saturated heterocycles. The van der Waals surface area contributed by atoms with Crippen molar-refractivity contribution in [3.05, 3.63) is 51.7 Å². The maximum Gasteiger partial charge on any atom is 0.254 e. The van der Waals surface area contributed by atoms with Gasteiger partial charge in [0.1, 0.15) is 0 Å². The second-order valence-corrected chi connectivity index (χ2v) is 10.4. The summed E-state index contributed by atoms with van der Waals surface area (Å²) in [6.07, 6.45) is 0.703. The SMILES string of the molecule is CC1CN(C(=O)c2cccc(S(=O)(=O)N3CCc4sccc4C3)c2)C(C)CO1. The predicted molar refractivity (Wildman–Crippen MR) is 108 cm³/mol. The molecule has 2 atom stereocenters. The van der Waals surface area contributed by atoms with E-state index in [4.69, 9.17) is 4.74 Å². The van der Waals surface area contributed by atoms with E-state index in [9.17, 15) is 13.2 Å². The van der Waals surface area contributed by atoms with Gasteiger partial charge < -0.3 is 9.64 Å². The molecule has 0 N–H and O–H groups in total. The molecule has 28 heavy (non-hydrogen) atoms. The fourth-order valence-corrected chi connectivity index (χ4v) is 6.07. The lowest BCUT2D eigenvalue weighted by Gasteiger charge is -2.37. The van der Waals surface area contributed by atoms with Crippen LogP contribution in [-0.2, 0) is 27.7 Å². The summed E-state index contributed by atoms with van der Waals surface area (Å²) >= 11 is 1.67. The van der Waals surface area contributed by atoms with Gasteiger partial charge in [-0.1, -0.05) is 6.07 Å². The first-order valence-corrected chi connectivity index (χ1v) is 11.8. The molecule has 3 heterocycles. The highest BCUT2D eigenvalue weighted by Crippen LogP contribution is 2.28. The fourth-order valence-electron chi connectivity index (χ4n) is 3.72. The van der Waals surface area contributed by atoms with E-state index in [2.05, 4.69) is 0 Å². The number of benzene rings is 1. The van der Waals surface area contributed by atoms with Gasteiger partial charge in [0, 0.05) is 30.1 Å². The zero-order chi connectivity index (χ0) is 19.9. The van der Waals surface area contributed by atoms with E-state index >= 15 is 0 Å². The molecule has 0 aliphatic carbocycles. The molecule has 2 aliphatic rings. The third-order valence-electron chi connectivity index (χ3n) is 5.36. The van der Waals surface area contributed by atoms with Crippen LogP contribution >= 0.6 is 11.3 Å². The van der Waals surface area contributed by atoms with Crippen LogP contribution in [0.4, 0.5) is 0 Å². The smallest absolute Gasteiger partial charge is 0.254 e. The Kier molecular flexibility index (Phi) is 5.30. The standard InChI is InChI=1S/C20H24N2O4S2/c1-14-13-26-15(2)11-22(14)20(23)16-4-3-5-18(10-16)28(24,25)21-8-6-19-17(12-21)7-9-27-19/h3-5,7,9-10,14-15H,6,8,11-13H2,1-2H3. The number of hydrogen-bond acceptors (Lipinski definition) is 5. The molecule has 1 fully saturated rings. The third-order valence-corrected chi connectivity index (χ3v) is 8.22. The van der Waals surface area contributed by atoms with Crippen molar-refractivity contribution < 1.29 is 17.9 Å². The molecule has 6 nitrogen and oxygen atoms in total. The Balaban J connectivity index is 1.59. The molecule has 0 bridgehead atoms. The quantitative estimate of drug-likeness (QED) is 0.766. The van der Waals surface area contributed by atoms with Crippen molar-refractivity contribution in [2.24, 2.45) is 0 Å². The van der Waals surface area contributed by atoms with Crippen molar-refractivity contribution in [2.75, 3.05) is 19.7 Å². The van der Waals surface area contributed by atoms with Crippen LogP contribution in [0.2, 0.25) is 0 Å². The van der Waals surface area contributed by atoms with Crippen molar-refractivity contribution in [3.8, 4) is 0 Å². The van der Waals surface area contributed by atoms with E-state index < -0.39 is 10.0 Å². The lowest BCUT2D eigenvalue weighted by molar-refractivity contribution is -0.0387. The minimum Gasteiger partial charge on any atom is -0.375 e. The van der Waals surface area contributed by atoms with E-state index in [1.165, 1.54) is 15.2 Å². The topological polar surface area (TPSA) is 66.9 Å². The van der Waals surface area contributed by atoms with Gasteiger partial charge >= 0.3 is 0 Å². The van der Waals surface area contributed by atoms with Gasteiger partial charge in [0.15, 0.2) is 0 Å². The Bertz CT molecular complexity index is 986. The molecule has 2 aromatic rings. The number of hydrogen-bond donors (Lipinski definition) is 0. The number of nitrogens with zero attached hydrogens (tertiary/aromatic N) is 2. The van der Waals surface area contributed by atoms with Crippen molar-refractivity contribution in [1.29, 1.82) is 0 Å². The first kappa shape index (κ1) is 19.6. The maximum absolute atomic E-state index is 13.2. The van der Waals surface area contributed by atoms with Crippen LogP contribution in [0, 0.1) is 0 Å². The lowest BCUT2D eigenvalue weighted by atomic mass is 10.1. The molecule has 8 heteroatoms. The summed E-state index contributed by atoms with van der Waals surface area (Å²) in [6, 6.07) is 8.36. The molecule has 0 spiro atoms. The Morgan fingerprint density at radius 2 is 2.07 bits per heavy atom. The van der Waals surface area contributed by atoms with Gasteiger partial charge in [-0.05, 0) is 55.5 Å². The van der Waals surface area contributed by atoms with Crippen LogP contribution in [0.25, 0.3) is 0 Å². The number of carbonyl (C=O) groups is 1. The average molecular weight is 421 g/mol. The monoisotopic (exact) mass is 420 g/mol. The molecule has 1 amide bonds. The fraction of sp³-hybridized carbons (Fsp3) is 0.450. The number of rotatable bonds is 3. The van der Waals surface area contributed by atoms with Gasteiger partial charge in [-0.2, -0.15) is 4.31 Å². The van der Waals surface area contributed by atoms with Crippen LogP contribution in [0.1, 0.15) is 34.6 Å². The molecular formula is C20H24N2O4S2. The van der Waals surface area contributed by atoms with E-state index in [1.807, 2.05) is 25.3 Å². The lowest BCUT2D eigenvalue weighted by Crippen LogP contribution is -2.50. The van der Waals surface area contributed by atoms with Crippen LogP contribution in [0.3, 0.4) is 0 Å². The van der Waals surface area contributed by atoms with Crippen LogP contribution < -0.4 is 0 Å². The Hall–Kier alpha value is -1.74. The third kappa shape index (κ3) is 3.61. The summed E-state index contributed by atoms with van der Waals surface area (Å²) in [5, 5.41) is 2.00. The average Bonchev–Trinajstić information content (AvgIpc) is 3.17. The molecule has 150 valence electrons. The van der Waals surface area contributed by atoms with Gasteiger partial charge in [-0.3, -0.25) is 4.79 Å². The van der Waals surface area contributed by atoms with Crippen LogP contribution in [0.15, 0.2) is 40.6 Å². The Morgan fingerprint density at radius 1 is 1.25 bits per heavy atom. The number of morpholine rings is 1. The highest BCUT2D eigenvalue weighted by atomic mass is 32.2. The van der Waals surface area contributed by atoms with E-state index in [0.717, 1.165) is 12.0 Å². The summed E-state index contributed by atoms with van der Waals surface area (Å²) in [5.74, 6) is -0.154. The number of ether oxygens (including phenoxy) is 1. The number of amides is 1. The van der Waals surface area contributed by atoms with Crippen molar-refractivity contribution in [3.63, 3.8) is 0 Å². The summed E-state index contributed by atoms with van der Waals surface area (Å²) in [4.78, 5) is 16.2. The van der Waals surface area contributed by atoms with Crippen LogP contribution in [-0.4, -0.2) is 55.4 Å². The highest BCUT2D eigenvalue weighted by Gasteiger charge is 2.31. The molecule has 1 aromatic carbocycles. The Morgan fingerprint density at radius 3 is 2.89 bits per heavy atom. The minimum absolute atomic E-state index is 0.0276. The summed E-state index contributed by atoms with van der Waals surface area (Å²) in [7, 11) is -3.65.